The van der Waals surface area contributed by atoms with Gasteiger partial charge in [-0.1, -0.05) is 6.07 Å². The van der Waals surface area contributed by atoms with Crippen molar-refractivity contribution in [2.75, 3.05) is 31.3 Å². The van der Waals surface area contributed by atoms with Gasteiger partial charge in [0.05, 0.1) is 17.9 Å². The molecule has 1 aromatic carbocycles. The molecule has 1 amide bonds. The molecule has 2 aliphatic rings. The fourth-order valence-electron chi connectivity index (χ4n) is 4.59. The van der Waals surface area contributed by atoms with Gasteiger partial charge in [0.2, 0.25) is 10.0 Å². The molecule has 12 heteroatoms. The molecule has 36 heavy (non-hydrogen) atoms. The number of aryl methyl sites for hydroxylation is 1. The number of sulfonamides is 1. The van der Waals surface area contributed by atoms with Crippen LogP contribution < -0.4 is 5.32 Å². The summed E-state index contributed by atoms with van der Waals surface area (Å²) in [6.07, 6.45) is 3.35. The number of benzene rings is 1. The van der Waals surface area contributed by atoms with Gasteiger partial charge in [-0.05, 0) is 54.7 Å². The second-order valence-electron chi connectivity index (χ2n) is 8.90. The molecular formula is C24H27FN6O4S. The highest BCUT2D eigenvalue weighted by Gasteiger charge is 2.28. The Hall–Kier alpha value is -3.22. The number of fused-ring (bicyclic) bond motifs is 2. The van der Waals surface area contributed by atoms with Crippen LogP contribution in [0.5, 0.6) is 0 Å². The zero-order valence-electron chi connectivity index (χ0n) is 19.9. The normalized spacial score (nSPS) is 15.8. The number of rotatable bonds is 7. The molecule has 0 saturated heterocycles. The van der Waals surface area contributed by atoms with Gasteiger partial charge in [-0.15, -0.1) is 10.2 Å². The Balaban J connectivity index is 1.36. The van der Waals surface area contributed by atoms with Crippen LogP contribution in [-0.4, -0.2) is 64.4 Å². The Morgan fingerprint density at radius 2 is 2.00 bits per heavy atom. The highest BCUT2D eigenvalue weighted by molar-refractivity contribution is 7.89. The van der Waals surface area contributed by atoms with Crippen LogP contribution in [0.2, 0.25) is 0 Å². The van der Waals surface area contributed by atoms with Gasteiger partial charge in [0, 0.05) is 33.2 Å². The Labute approximate surface area is 208 Å². The molecule has 0 radical (unpaired) electrons. The first-order valence-corrected chi connectivity index (χ1v) is 13.5. The van der Waals surface area contributed by atoms with E-state index < -0.39 is 21.7 Å². The maximum absolute atomic E-state index is 14.9. The molecular weight excluding hydrogens is 487 g/mol. The smallest absolute Gasteiger partial charge is 0.259 e. The average Bonchev–Trinajstić information content (AvgIpc) is 3.31. The van der Waals surface area contributed by atoms with E-state index in [9.17, 15) is 17.6 Å². The summed E-state index contributed by atoms with van der Waals surface area (Å²) in [7, 11) is -2.08. The van der Waals surface area contributed by atoms with Crippen LogP contribution in [0.25, 0.3) is 11.5 Å². The summed E-state index contributed by atoms with van der Waals surface area (Å²) in [5.74, 6) is 0.348. The Bertz CT molecular complexity index is 1410. The zero-order chi connectivity index (χ0) is 25.3. The van der Waals surface area contributed by atoms with Crippen LogP contribution in [0.3, 0.4) is 0 Å². The molecule has 5 rings (SSSR count). The fourth-order valence-corrected chi connectivity index (χ4v) is 5.93. The van der Waals surface area contributed by atoms with Crippen molar-refractivity contribution < 1.29 is 22.3 Å². The monoisotopic (exact) mass is 514 g/mol. The third kappa shape index (κ3) is 4.88. The SMILES string of the molecule is COCCS(=O)(=O)N1CCc2cc(F)c(C(=O)Nc3cccc(-c4nnc5n4CCCC5)n3)cc2C1. The van der Waals surface area contributed by atoms with Crippen molar-refractivity contribution in [1.29, 1.82) is 0 Å². The van der Waals surface area contributed by atoms with E-state index >= 15 is 0 Å². The van der Waals surface area contributed by atoms with Crippen LogP contribution in [0.4, 0.5) is 10.2 Å². The number of ether oxygens (including phenoxy) is 1. The minimum Gasteiger partial charge on any atom is -0.384 e. The number of methoxy groups -OCH3 is 1. The molecule has 10 nitrogen and oxygen atoms in total. The molecule has 0 spiro atoms. The van der Waals surface area contributed by atoms with Crippen molar-refractivity contribution in [3.8, 4) is 11.5 Å². The van der Waals surface area contributed by atoms with Crippen LogP contribution in [0, 0.1) is 5.82 Å². The van der Waals surface area contributed by atoms with Crippen molar-refractivity contribution >= 4 is 21.7 Å². The predicted molar refractivity (Wildman–Crippen MR) is 130 cm³/mol. The number of carbonyl (C=O) groups is 1. The minimum atomic E-state index is -3.52. The lowest BCUT2D eigenvalue weighted by Crippen LogP contribution is -2.38. The lowest BCUT2D eigenvalue weighted by Gasteiger charge is -2.28. The molecule has 0 bridgehead atoms. The van der Waals surface area contributed by atoms with E-state index in [0.29, 0.717) is 29.1 Å². The Morgan fingerprint density at radius 1 is 1.14 bits per heavy atom. The van der Waals surface area contributed by atoms with Gasteiger partial charge in [-0.3, -0.25) is 4.79 Å². The number of hydrogen-bond donors (Lipinski definition) is 1. The first-order valence-electron chi connectivity index (χ1n) is 11.8. The molecule has 190 valence electrons. The summed E-state index contributed by atoms with van der Waals surface area (Å²) in [6, 6.07) is 7.90. The topological polar surface area (TPSA) is 119 Å². The Kier molecular flexibility index (Phi) is 6.82. The minimum absolute atomic E-state index is 0.0771. The van der Waals surface area contributed by atoms with Crippen molar-refractivity contribution in [3.63, 3.8) is 0 Å². The van der Waals surface area contributed by atoms with Crippen LogP contribution in [0.1, 0.15) is 40.2 Å². The van der Waals surface area contributed by atoms with Gasteiger partial charge >= 0.3 is 0 Å². The lowest BCUT2D eigenvalue weighted by atomic mass is 9.97. The average molecular weight is 515 g/mol. The number of halogens is 1. The van der Waals surface area contributed by atoms with Gasteiger partial charge in [-0.2, -0.15) is 4.31 Å². The molecule has 0 unspecified atom stereocenters. The number of hydrogen-bond acceptors (Lipinski definition) is 7. The molecule has 4 heterocycles. The van der Waals surface area contributed by atoms with Crippen molar-refractivity contribution in [2.45, 2.75) is 38.8 Å². The summed E-state index contributed by atoms with van der Waals surface area (Å²) in [4.78, 5) is 17.5. The second kappa shape index (κ2) is 10.0. The first-order chi connectivity index (χ1) is 17.4. The maximum atomic E-state index is 14.9. The van der Waals surface area contributed by atoms with E-state index in [4.69, 9.17) is 4.74 Å². The quantitative estimate of drug-likeness (QED) is 0.514. The van der Waals surface area contributed by atoms with Crippen LogP contribution >= 0.6 is 0 Å². The summed E-state index contributed by atoms with van der Waals surface area (Å²) < 4.78 is 48.3. The zero-order valence-corrected chi connectivity index (χ0v) is 20.7. The summed E-state index contributed by atoms with van der Waals surface area (Å²) in [6.45, 7) is 1.24. The molecule has 0 atom stereocenters. The molecule has 0 saturated carbocycles. The van der Waals surface area contributed by atoms with Gasteiger partial charge in [0.25, 0.3) is 5.91 Å². The van der Waals surface area contributed by atoms with Crippen LogP contribution in [-0.2, 0) is 40.7 Å². The Morgan fingerprint density at radius 3 is 2.83 bits per heavy atom. The lowest BCUT2D eigenvalue weighted by molar-refractivity contribution is 0.102. The number of carbonyl (C=O) groups excluding carboxylic acids is 1. The number of nitrogens with one attached hydrogen (secondary N) is 1. The molecule has 2 aromatic heterocycles. The van der Waals surface area contributed by atoms with Gasteiger partial charge < -0.3 is 14.6 Å². The van der Waals surface area contributed by atoms with Gasteiger partial charge in [-0.25, -0.2) is 17.8 Å². The van der Waals surface area contributed by atoms with E-state index in [1.807, 2.05) is 4.57 Å². The number of pyridine rings is 1. The first kappa shape index (κ1) is 24.5. The molecule has 3 aromatic rings. The van der Waals surface area contributed by atoms with E-state index in [0.717, 1.165) is 31.6 Å². The fraction of sp³-hybridized carbons (Fsp3) is 0.417. The third-order valence-electron chi connectivity index (χ3n) is 6.53. The third-order valence-corrected chi connectivity index (χ3v) is 8.31. The highest BCUT2D eigenvalue weighted by Crippen LogP contribution is 2.26. The molecule has 0 fully saturated rings. The van der Waals surface area contributed by atoms with Crippen LogP contribution in [0.15, 0.2) is 30.3 Å². The van der Waals surface area contributed by atoms with E-state index in [1.54, 1.807) is 18.2 Å². The molecule has 0 aliphatic carbocycles. The second-order valence-corrected chi connectivity index (χ2v) is 11.0. The summed E-state index contributed by atoms with van der Waals surface area (Å²) in [5, 5.41) is 11.2. The largest absolute Gasteiger partial charge is 0.384 e. The number of anilines is 1. The van der Waals surface area contributed by atoms with Gasteiger partial charge in [0.1, 0.15) is 23.2 Å². The molecule has 1 N–H and O–H groups in total. The number of amides is 1. The molecule has 2 aliphatic heterocycles. The number of nitrogens with zero attached hydrogens (tertiary/aromatic N) is 5. The predicted octanol–water partition coefficient (Wildman–Crippen LogP) is 2.40. The van der Waals surface area contributed by atoms with Crippen molar-refractivity contribution in [3.05, 3.63) is 58.7 Å². The summed E-state index contributed by atoms with van der Waals surface area (Å²) >= 11 is 0. The van der Waals surface area contributed by atoms with E-state index in [-0.39, 0.29) is 36.8 Å². The van der Waals surface area contributed by atoms with E-state index in [2.05, 4.69) is 20.5 Å². The summed E-state index contributed by atoms with van der Waals surface area (Å²) in [5.41, 5.74) is 1.69. The van der Waals surface area contributed by atoms with E-state index in [1.165, 1.54) is 23.5 Å². The van der Waals surface area contributed by atoms with Gasteiger partial charge in [0.15, 0.2) is 5.82 Å². The highest BCUT2D eigenvalue weighted by atomic mass is 32.2. The number of aromatic nitrogens is 4. The standard InChI is InChI=1S/C24H27FN6O4S/c1-35-11-12-36(33,34)30-10-8-16-14-19(25)18(13-17(16)15-30)24(32)27-21-6-4-5-20(26-21)23-29-28-22-7-2-3-9-31(22)23/h4-6,13-14H,2-3,7-12,15H2,1H3,(H,26,27,32). The van der Waals surface area contributed by atoms with Crippen molar-refractivity contribution in [1.82, 2.24) is 24.1 Å². The maximum Gasteiger partial charge on any atom is 0.259 e. The van der Waals surface area contributed by atoms with Crippen molar-refractivity contribution in [2.24, 2.45) is 0 Å².